The lowest BCUT2D eigenvalue weighted by Gasteiger charge is -2.08. The minimum Gasteiger partial charge on any atom is -0.477 e. The Morgan fingerprint density at radius 2 is 2.13 bits per heavy atom. The second-order valence-electron chi connectivity index (χ2n) is 6.14. The molecule has 3 aromatic rings. The van der Waals surface area contributed by atoms with Crippen molar-refractivity contribution in [2.75, 3.05) is 6.61 Å². The molecule has 10 nitrogen and oxygen atoms in total. The molecule has 154 valence electrons. The molecule has 1 aromatic heterocycles. The third-order valence-corrected chi connectivity index (χ3v) is 4.56. The topological polar surface area (TPSA) is 143 Å². The zero-order valence-corrected chi connectivity index (χ0v) is 17.3. The molecule has 1 amide bonds. The number of aryl methyl sites for hydroxylation is 1. The molecule has 0 saturated carbocycles. The summed E-state index contributed by atoms with van der Waals surface area (Å²) in [4.78, 5) is 38.9. The monoisotopic (exact) mass is 473 g/mol. The molecular formula is C19H16BrN5O5. The molecule has 2 aromatic carbocycles. The number of carbonyl (C=O) groups excluding carboxylic acids is 1. The first-order chi connectivity index (χ1) is 14.3. The number of benzene rings is 2. The predicted molar refractivity (Wildman–Crippen MR) is 114 cm³/mol. The van der Waals surface area contributed by atoms with Crippen molar-refractivity contribution in [2.45, 2.75) is 13.3 Å². The number of ether oxygens (including phenoxy) is 1. The van der Waals surface area contributed by atoms with Gasteiger partial charge in [-0.25, -0.2) is 4.98 Å². The Labute approximate surface area is 178 Å². The summed E-state index contributed by atoms with van der Waals surface area (Å²) in [6, 6.07) is 9.26. The largest absolute Gasteiger partial charge is 0.477 e. The first-order valence-electron chi connectivity index (χ1n) is 8.75. The summed E-state index contributed by atoms with van der Waals surface area (Å²) in [7, 11) is 0. The molecule has 3 rings (SSSR count). The maximum Gasteiger partial charge on any atom is 0.311 e. The third-order valence-electron chi connectivity index (χ3n) is 4.06. The number of carbonyl (C=O) groups is 1. The van der Waals surface area contributed by atoms with Crippen LogP contribution in [0.15, 0.2) is 50.8 Å². The zero-order valence-electron chi connectivity index (χ0n) is 15.7. The lowest BCUT2D eigenvalue weighted by Crippen LogP contribution is -2.22. The van der Waals surface area contributed by atoms with E-state index in [1.165, 1.54) is 24.4 Å². The van der Waals surface area contributed by atoms with E-state index in [4.69, 9.17) is 10.5 Å². The second kappa shape index (κ2) is 8.82. The number of nitrogens with zero attached hydrogens (tertiary/aromatic N) is 4. The van der Waals surface area contributed by atoms with E-state index in [1.807, 2.05) is 6.92 Å². The highest BCUT2D eigenvalue weighted by Gasteiger charge is 2.16. The molecule has 0 atom stereocenters. The number of fused-ring (bicyclic) bond motifs is 1. The van der Waals surface area contributed by atoms with Crippen molar-refractivity contribution in [1.82, 2.24) is 9.66 Å². The molecule has 11 heteroatoms. The maximum atomic E-state index is 12.9. The van der Waals surface area contributed by atoms with Crippen LogP contribution in [0, 0.1) is 10.1 Å². The van der Waals surface area contributed by atoms with E-state index in [0.717, 1.165) is 9.15 Å². The molecule has 0 unspecified atom stereocenters. The summed E-state index contributed by atoms with van der Waals surface area (Å²) in [5, 5.41) is 15.9. The molecule has 0 aliphatic heterocycles. The van der Waals surface area contributed by atoms with Gasteiger partial charge in [-0.1, -0.05) is 22.9 Å². The van der Waals surface area contributed by atoms with Gasteiger partial charge in [0.15, 0.2) is 12.4 Å². The zero-order chi connectivity index (χ0) is 21.8. The van der Waals surface area contributed by atoms with Gasteiger partial charge < -0.3 is 10.5 Å². The van der Waals surface area contributed by atoms with Crippen LogP contribution in [0.1, 0.15) is 18.3 Å². The van der Waals surface area contributed by atoms with Crippen molar-refractivity contribution in [2.24, 2.45) is 10.8 Å². The number of halogens is 1. The number of aromatic nitrogens is 2. The van der Waals surface area contributed by atoms with Crippen LogP contribution in [0.4, 0.5) is 5.69 Å². The van der Waals surface area contributed by atoms with E-state index >= 15 is 0 Å². The van der Waals surface area contributed by atoms with Crippen LogP contribution in [0.3, 0.4) is 0 Å². The van der Waals surface area contributed by atoms with Crippen LogP contribution in [0.5, 0.6) is 5.75 Å². The smallest absolute Gasteiger partial charge is 0.311 e. The van der Waals surface area contributed by atoms with Crippen LogP contribution in [0.25, 0.3) is 10.9 Å². The maximum absolute atomic E-state index is 12.9. The molecule has 0 aliphatic rings. The molecular weight excluding hydrogens is 458 g/mol. The van der Waals surface area contributed by atoms with Crippen molar-refractivity contribution in [1.29, 1.82) is 0 Å². The lowest BCUT2D eigenvalue weighted by atomic mass is 10.2. The molecule has 0 radical (unpaired) electrons. The number of nitro groups is 1. The Morgan fingerprint density at radius 3 is 2.80 bits per heavy atom. The van der Waals surface area contributed by atoms with Gasteiger partial charge in [0, 0.05) is 22.5 Å². The Bertz CT molecular complexity index is 1240. The average molecular weight is 474 g/mol. The van der Waals surface area contributed by atoms with Gasteiger partial charge in [-0.3, -0.25) is 19.7 Å². The fraction of sp³-hybridized carbons (Fsp3) is 0.158. The normalized spacial score (nSPS) is 11.1. The van der Waals surface area contributed by atoms with Gasteiger partial charge >= 0.3 is 5.69 Å². The van der Waals surface area contributed by atoms with Gasteiger partial charge in [-0.2, -0.15) is 9.78 Å². The number of rotatable bonds is 7. The fourth-order valence-corrected chi connectivity index (χ4v) is 3.06. The van der Waals surface area contributed by atoms with E-state index in [9.17, 15) is 19.7 Å². The van der Waals surface area contributed by atoms with Crippen molar-refractivity contribution >= 4 is 44.6 Å². The molecule has 1 heterocycles. The molecule has 0 aliphatic carbocycles. The van der Waals surface area contributed by atoms with Crippen molar-refractivity contribution < 1.29 is 14.5 Å². The van der Waals surface area contributed by atoms with E-state index < -0.39 is 17.4 Å². The van der Waals surface area contributed by atoms with E-state index in [1.54, 1.807) is 18.2 Å². The predicted octanol–water partition coefficient (Wildman–Crippen LogP) is 2.38. The Hall–Kier alpha value is -3.60. The van der Waals surface area contributed by atoms with Crippen molar-refractivity contribution in [3.63, 3.8) is 0 Å². The highest BCUT2D eigenvalue weighted by molar-refractivity contribution is 9.10. The van der Waals surface area contributed by atoms with Gasteiger partial charge in [0.05, 0.1) is 22.0 Å². The van der Waals surface area contributed by atoms with Gasteiger partial charge in [0.25, 0.3) is 11.5 Å². The molecule has 0 spiro atoms. The van der Waals surface area contributed by atoms with Crippen LogP contribution in [-0.4, -0.2) is 33.3 Å². The van der Waals surface area contributed by atoms with E-state index in [-0.39, 0.29) is 17.0 Å². The summed E-state index contributed by atoms with van der Waals surface area (Å²) in [5.74, 6) is -0.404. The first kappa shape index (κ1) is 21.1. The fourth-order valence-electron chi connectivity index (χ4n) is 2.70. The summed E-state index contributed by atoms with van der Waals surface area (Å²) in [6.45, 7) is 1.36. The average Bonchev–Trinajstić information content (AvgIpc) is 2.71. The molecule has 0 bridgehead atoms. The van der Waals surface area contributed by atoms with Gasteiger partial charge in [0.1, 0.15) is 5.82 Å². The van der Waals surface area contributed by atoms with E-state index in [0.29, 0.717) is 28.7 Å². The minimum absolute atomic E-state index is 0.0976. The van der Waals surface area contributed by atoms with Crippen LogP contribution in [0.2, 0.25) is 0 Å². The number of hydrogen-bond acceptors (Lipinski definition) is 7. The van der Waals surface area contributed by atoms with Crippen molar-refractivity contribution in [3.05, 3.63) is 72.7 Å². The third kappa shape index (κ3) is 4.51. The molecule has 30 heavy (non-hydrogen) atoms. The quantitative estimate of drug-likeness (QED) is 0.317. The van der Waals surface area contributed by atoms with Crippen LogP contribution < -0.4 is 16.0 Å². The number of nitro benzene ring substituents is 1. The molecule has 0 fully saturated rings. The summed E-state index contributed by atoms with van der Waals surface area (Å²) in [6.07, 6.45) is 1.77. The number of nitrogens with two attached hydrogens (primary N) is 1. The summed E-state index contributed by atoms with van der Waals surface area (Å²) < 4.78 is 6.96. The van der Waals surface area contributed by atoms with Crippen molar-refractivity contribution in [3.8, 4) is 5.75 Å². The van der Waals surface area contributed by atoms with Gasteiger partial charge in [-0.15, -0.1) is 0 Å². The summed E-state index contributed by atoms with van der Waals surface area (Å²) >= 11 is 3.33. The SMILES string of the molecule is CCc1nc2ccc(Br)cc2c(=O)n1N=Cc1ccc(OCC(N)=O)c([N+](=O)[O-])c1. The Morgan fingerprint density at radius 1 is 1.37 bits per heavy atom. The summed E-state index contributed by atoms with van der Waals surface area (Å²) in [5.41, 5.74) is 5.20. The second-order valence-corrected chi connectivity index (χ2v) is 7.06. The standard InChI is InChI=1S/C19H16BrN5O5/c1-2-18-23-14-5-4-12(20)8-13(14)19(27)24(18)22-9-11-3-6-16(30-10-17(21)26)15(7-11)25(28)29/h3-9H,2,10H2,1H3,(H2,21,26). The Kier molecular flexibility index (Phi) is 6.21. The number of hydrogen-bond donors (Lipinski definition) is 1. The van der Waals surface area contributed by atoms with E-state index in [2.05, 4.69) is 26.0 Å². The Balaban J connectivity index is 2.03. The molecule has 2 N–H and O–H groups in total. The number of primary amides is 1. The lowest BCUT2D eigenvalue weighted by molar-refractivity contribution is -0.385. The van der Waals surface area contributed by atoms with Crippen LogP contribution in [-0.2, 0) is 11.2 Å². The number of amides is 1. The molecule has 0 saturated heterocycles. The first-order valence-corrected chi connectivity index (χ1v) is 9.54. The van der Waals surface area contributed by atoms with Gasteiger partial charge in [0.2, 0.25) is 0 Å². The van der Waals surface area contributed by atoms with Gasteiger partial charge in [-0.05, 0) is 30.3 Å². The highest BCUT2D eigenvalue weighted by atomic mass is 79.9. The highest BCUT2D eigenvalue weighted by Crippen LogP contribution is 2.27. The minimum atomic E-state index is -0.753. The van der Waals surface area contributed by atoms with Crippen LogP contribution >= 0.6 is 15.9 Å².